The van der Waals surface area contributed by atoms with Crippen LogP contribution in [-0.2, 0) is 9.59 Å². The van der Waals surface area contributed by atoms with Gasteiger partial charge in [-0.25, -0.2) is 0 Å². The Hall–Kier alpha value is -2.66. The van der Waals surface area contributed by atoms with Crippen LogP contribution >= 0.6 is 0 Å². The van der Waals surface area contributed by atoms with Crippen LogP contribution in [0.25, 0.3) is 0 Å². The van der Waals surface area contributed by atoms with Gasteiger partial charge in [-0.1, -0.05) is 56.3 Å². The van der Waals surface area contributed by atoms with Gasteiger partial charge in [-0.3, -0.25) is 9.59 Å². The maximum absolute atomic E-state index is 12.6. The second kappa shape index (κ2) is 9.33. The quantitative estimate of drug-likeness (QED) is 0.578. The minimum atomic E-state index is -0.656. The van der Waals surface area contributed by atoms with Crippen molar-refractivity contribution in [2.24, 2.45) is 5.73 Å². The van der Waals surface area contributed by atoms with Crippen LogP contribution in [0.15, 0.2) is 48.5 Å². The van der Waals surface area contributed by atoms with Crippen molar-refractivity contribution in [3.05, 3.63) is 65.2 Å². The van der Waals surface area contributed by atoms with Gasteiger partial charge >= 0.3 is 5.97 Å². The number of esters is 1. The zero-order chi connectivity index (χ0) is 20.0. The minimum absolute atomic E-state index is 0.0218. The summed E-state index contributed by atoms with van der Waals surface area (Å²) >= 11 is 0. The number of benzene rings is 2. The van der Waals surface area contributed by atoms with Crippen molar-refractivity contribution in [3.8, 4) is 5.75 Å². The number of rotatable bonds is 7. The molecular weight excluding hydrogens is 340 g/mol. The fourth-order valence-corrected chi connectivity index (χ4v) is 2.78. The minimum Gasteiger partial charge on any atom is -0.426 e. The molecule has 0 saturated heterocycles. The summed E-state index contributed by atoms with van der Waals surface area (Å²) in [4.78, 5) is 24.7. The van der Waals surface area contributed by atoms with Crippen LogP contribution in [0, 0.1) is 6.92 Å². The lowest BCUT2D eigenvalue weighted by Gasteiger charge is -2.20. The summed E-state index contributed by atoms with van der Waals surface area (Å²) in [5.74, 6) is 0.0906. The predicted octanol–water partition coefficient (Wildman–Crippen LogP) is 3.62. The number of carbonyl (C=O) groups excluding carboxylic acids is 2. The topological polar surface area (TPSA) is 81.4 Å². The first kappa shape index (κ1) is 20.6. The standard InChI is InChI=1S/C22H28N2O3/c1-14(2)18-11-10-15(3)12-20(18)27-21(25)13-19(24-22(26)16(4)23)17-8-6-5-7-9-17/h5-12,14,16,19H,13,23H2,1-4H3,(H,24,26)/t16-,19+/m0/s1. The third kappa shape index (κ3) is 5.93. The normalized spacial score (nSPS) is 13.1. The van der Waals surface area contributed by atoms with E-state index in [0.29, 0.717) is 5.75 Å². The van der Waals surface area contributed by atoms with Crippen molar-refractivity contribution in [3.63, 3.8) is 0 Å². The average Bonchev–Trinajstić information content (AvgIpc) is 2.61. The summed E-state index contributed by atoms with van der Waals surface area (Å²) in [5, 5.41) is 2.83. The first-order valence-electron chi connectivity index (χ1n) is 9.20. The van der Waals surface area contributed by atoms with Gasteiger partial charge in [0.25, 0.3) is 0 Å². The van der Waals surface area contributed by atoms with Gasteiger partial charge in [0.05, 0.1) is 18.5 Å². The van der Waals surface area contributed by atoms with Gasteiger partial charge in [0.15, 0.2) is 0 Å². The van der Waals surface area contributed by atoms with E-state index in [9.17, 15) is 9.59 Å². The molecule has 0 aliphatic carbocycles. The van der Waals surface area contributed by atoms with Crippen molar-refractivity contribution >= 4 is 11.9 Å². The van der Waals surface area contributed by atoms with Crippen LogP contribution in [-0.4, -0.2) is 17.9 Å². The highest BCUT2D eigenvalue weighted by Crippen LogP contribution is 2.28. The molecule has 0 radical (unpaired) electrons. The molecule has 5 heteroatoms. The second-order valence-corrected chi connectivity index (χ2v) is 7.13. The van der Waals surface area contributed by atoms with Crippen molar-refractivity contribution < 1.29 is 14.3 Å². The second-order valence-electron chi connectivity index (χ2n) is 7.13. The van der Waals surface area contributed by atoms with Gasteiger partial charge in [-0.05, 0) is 42.5 Å². The Balaban J connectivity index is 2.19. The molecule has 5 nitrogen and oxygen atoms in total. The molecule has 0 saturated carbocycles. The molecule has 2 rings (SSSR count). The summed E-state index contributed by atoms with van der Waals surface area (Å²) in [6.45, 7) is 7.67. The number of hydrogen-bond acceptors (Lipinski definition) is 4. The highest BCUT2D eigenvalue weighted by molar-refractivity contribution is 5.82. The van der Waals surface area contributed by atoms with E-state index in [4.69, 9.17) is 10.5 Å². The zero-order valence-corrected chi connectivity index (χ0v) is 16.4. The average molecular weight is 368 g/mol. The van der Waals surface area contributed by atoms with Crippen LogP contribution in [0.4, 0.5) is 0 Å². The molecule has 2 aromatic rings. The smallest absolute Gasteiger partial charge is 0.313 e. The highest BCUT2D eigenvalue weighted by atomic mass is 16.5. The summed E-state index contributed by atoms with van der Waals surface area (Å²) in [6, 6.07) is 14.0. The third-order valence-electron chi connectivity index (χ3n) is 4.32. The van der Waals surface area contributed by atoms with Gasteiger partial charge in [-0.15, -0.1) is 0 Å². The Morgan fingerprint density at radius 1 is 1.07 bits per heavy atom. The molecule has 0 aromatic heterocycles. The molecule has 0 aliphatic heterocycles. The zero-order valence-electron chi connectivity index (χ0n) is 16.4. The first-order valence-corrected chi connectivity index (χ1v) is 9.20. The maximum Gasteiger partial charge on any atom is 0.313 e. The largest absolute Gasteiger partial charge is 0.426 e. The summed E-state index contributed by atoms with van der Waals surface area (Å²) < 4.78 is 5.66. The lowest BCUT2D eigenvalue weighted by molar-refractivity contribution is -0.135. The Labute approximate surface area is 160 Å². The summed E-state index contributed by atoms with van der Waals surface area (Å²) in [5.41, 5.74) is 8.49. The maximum atomic E-state index is 12.6. The molecule has 0 heterocycles. The molecule has 2 aromatic carbocycles. The van der Waals surface area contributed by atoms with E-state index in [1.54, 1.807) is 6.92 Å². The number of hydrogen-bond donors (Lipinski definition) is 2. The molecule has 0 bridgehead atoms. The highest BCUT2D eigenvalue weighted by Gasteiger charge is 2.22. The molecule has 144 valence electrons. The molecule has 2 atom stereocenters. The Morgan fingerprint density at radius 3 is 2.33 bits per heavy atom. The van der Waals surface area contributed by atoms with Crippen LogP contribution in [0.2, 0.25) is 0 Å². The van der Waals surface area contributed by atoms with Crippen LogP contribution in [0.3, 0.4) is 0 Å². The lowest BCUT2D eigenvalue weighted by Crippen LogP contribution is -2.41. The molecule has 1 amide bonds. The van der Waals surface area contributed by atoms with E-state index in [0.717, 1.165) is 16.7 Å². The third-order valence-corrected chi connectivity index (χ3v) is 4.32. The number of nitrogens with two attached hydrogens (primary N) is 1. The Morgan fingerprint density at radius 2 is 1.74 bits per heavy atom. The van der Waals surface area contributed by atoms with Crippen molar-refractivity contribution in [1.29, 1.82) is 0 Å². The number of nitrogens with one attached hydrogen (secondary N) is 1. The van der Waals surface area contributed by atoms with Gasteiger partial charge < -0.3 is 15.8 Å². The van der Waals surface area contributed by atoms with Crippen LogP contribution in [0.5, 0.6) is 5.75 Å². The monoisotopic (exact) mass is 368 g/mol. The number of aryl methyl sites for hydroxylation is 1. The molecule has 0 aliphatic rings. The lowest BCUT2D eigenvalue weighted by atomic mass is 10.0. The molecule has 0 fully saturated rings. The van der Waals surface area contributed by atoms with E-state index < -0.39 is 18.1 Å². The van der Waals surface area contributed by atoms with E-state index >= 15 is 0 Å². The number of amides is 1. The molecule has 0 unspecified atom stereocenters. The molecule has 0 spiro atoms. The van der Waals surface area contributed by atoms with Gasteiger partial charge in [-0.2, -0.15) is 0 Å². The number of carbonyl (C=O) groups is 2. The van der Waals surface area contributed by atoms with Crippen molar-refractivity contribution in [2.45, 2.75) is 52.1 Å². The molecule has 3 N–H and O–H groups in total. The van der Waals surface area contributed by atoms with E-state index in [-0.39, 0.29) is 18.2 Å². The van der Waals surface area contributed by atoms with E-state index in [1.165, 1.54) is 0 Å². The Bertz CT molecular complexity index is 785. The van der Waals surface area contributed by atoms with Crippen LogP contribution in [0.1, 0.15) is 55.8 Å². The van der Waals surface area contributed by atoms with Crippen molar-refractivity contribution in [2.75, 3.05) is 0 Å². The fourth-order valence-electron chi connectivity index (χ4n) is 2.78. The van der Waals surface area contributed by atoms with Gasteiger partial charge in [0, 0.05) is 0 Å². The van der Waals surface area contributed by atoms with Crippen LogP contribution < -0.4 is 15.8 Å². The van der Waals surface area contributed by atoms with E-state index in [2.05, 4.69) is 19.2 Å². The number of ether oxygens (including phenoxy) is 1. The predicted molar refractivity (Wildman–Crippen MR) is 106 cm³/mol. The summed E-state index contributed by atoms with van der Waals surface area (Å²) in [7, 11) is 0. The first-order chi connectivity index (χ1) is 12.8. The summed E-state index contributed by atoms with van der Waals surface area (Å²) in [6.07, 6.45) is 0.0218. The van der Waals surface area contributed by atoms with E-state index in [1.807, 2.05) is 55.5 Å². The SMILES string of the molecule is Cc1ccc(C(C)C)c(OC(=O)C[C@@H](NC(=O)[C@H](C)N)c2ccccc2)c1. The molecular formula is C22H28N2O3. The van der Waals surface area contributed by atoms with Gasteiger partial charge in [0.2, 0.25) is 5.91 Å². The fraction of sp³-hybridized carbons (Fsp3) is 0.364. The Kier molecular flexibility index (Phi) is 7.13. The van der Waals surface area contributed by atoms with Gasteiger partial charge in [0.1, 0.15) is 5.75 Å². The molecule has 27 heavy (non-hydrogen) atoms. The van der Waals surface area contributed by atoms with Crippen molar-refractivity contribution in [1.82, 2.24) is 5.32 Å².